The van der Waals surface area contributed by atoms with Crippen molar-refractivity contribution in [2.24, 2.45) is 0 Å². The third-order valence-electron chi connectivity index (χ3n) is 2.92. The SMILES string of the molecule is CC(C)OC(=O)c1ccc2c(c1)c(Br)cn2C(C)C. The highest BCUT2D eigenvalue weighted by atomic mass is 79.9. The van der Waals surface area contributed by atoms with E-state index >= 15 is 0 Å². The van der Waals surface area contributed by atoms with Gasteiger partial charge in [-0.1, -0.05) is 0 Å². The summed E-state index contributed by atoms with van der Waals surface area (Å²) < 4.78 is 8.39. The van der Waals surface area contributed by atoms with Crippen molar-refractivity contribution in [2.75, 3.05) is 0 Å². The number of aromatic nitrogens is 1. The van der Waals surface area contributed by atoms with E-state index in [1.807, 2.05) is 38.2 Å². The van der Waals surface area contributed by atoms with Crippen LogP contribution in [-0.4, -0.2) is 16.6 Å². The first-order valence-corrected chi connectivity index (χ1v) is 7.20. The predicted octanol–water partition coefficient (Wildman–Crippen LogP) is 4.55. The van der Waals surface area contributed by atoms with Crippen molar-refractivity contribution in [3.05, 3.63) is 34.4 Å². The van der Waals surface area contributed by atoms with Crippen LogP contribution in [0.2, 0.25) is 0 Å². The van der Waals surface area contributed by atoms with Gasteiger partial charge in [0, 0.05) is 27.6 Å². The Labute approximate surface area is 121 Å². The Balaban J connectivity index is 2.47. The second-order valence-corrected chi connectivity index (χ2v) is 6.02. The zero-order valence-electron chi connectivity index (χ0n) is 11.6. The average molecular weight is 324 g/mol. The van der Waals surface area contributed by atoms with Crippen LogP contribution in [0.15, 0.2) is 28.9 Å². The Bertz CT molecular complexity index is 614. The average Bonchev–Trinajstić information content (AvgIpc) is 2.66. The number of carbonyl (C=O) groups is 1. The van der Waals surface area contributed by atoms with E-state index in [4.69, 9.17) is 4.74 Å². The van der Waals surface area contributed by atoms with Gasteiger partial charge in [0.1, 0.15) is 0 Å². The van der Waals surface area contributed by atoms with Gasteiger partial charge in [-0.25, -0.2) is 4.79 Å². The zero-order chi connectivity index (χ0) is 14.2. The van der Waals surface area contributed by atoms with Crippen LogP contribution in [0.5, 0.6) is 0 Å². The normalized spacial score (nSPS) is 11.5. The molecule has 3 nitrogen and oxygen atoms in total. The summed E-state index contributed by atoms with van der Waals surface area (Å²) >= 11 is 3.55. The number of rotatable bonds is 3. The molecule has 0 saturated carbocycles. The first-order valence-electron chi connectivity index (χ1n) is 6.41. The Morgan fingerprint density at radius 2 is 1.95 bits per heavy atom. The summed E-state index contributed by atoms with van der Waals surface area (Å²) in [4.78, 5) is 11.9. The molecule has 0 atom stereocenters. The van der Waals surface area contributed by atoms with Crippen LogP contribution < -0.4 is 0 Å². The molecular formula is C15H18BrNO2. The molecule has 102 valence electrons. The Hall–Kier alpha value is -1.29. The maximum absolute atomic E-state index is 11.9. The number of nitrogens with zero attached hydrogens (tertiary/aromatic N) is 1. The number of hydrogen-bond donors (Lipinski definition) is 0. The zero-order valence-corrected chi connectivity index (χ0v) is 13.2. The van der Waals surface area contributed by atoms with Crippen molar-refractivity contribution in [1.82, 2.24) is 4.57 Å². The highest BCUT2D eigenvalue weighted by molar-refractivity contribution is 9.10. The lowest BCUT2D eigenvalue weighted by atomic mass is 10.1. The van der Waals surface area contributed by atoms with Crippen molar-refractivity contribution in [1.29, 1.82) is 0 Å². The summed E-state index contributed by atoms with van der Waals surface area (Å²) in [6, 6.07) is 6.04. The molecular weight excluding hydrogens is 306 g/mol. The second kappa shape index (κ2) is 5.37. The highest BCUT2D eigenvalue weighted by Gasteiger charge is 2.14. The van der Waals surface area contributed by atoms with Crippen LogP contribution in [0.3, 0.4) is 0 Å². The van der Waals surface area contributed by atoms with Crippen molar-refractivity contribution < 1.29 is 9.53 Å². The molecule has 0 fully saturated rings. The third kappa shape index (κ3) is 2.84. The molecule has 0 radical (unpaired) electrons. The molecule has 4 heteroatoms. The van der Waals surface area contributed by atoms with Gasteiger partial charge in [0.25, 0.3) is 0 Å². The molecule has 0 unspecified atom stereocenters. The lowest BCUT2D eigenvalue weighted by Crippen LogP contribution is -2.11. The number of fused-ring (bicyclic) bond motifs is 1. The highest BCUT2D eigenvalue weighted by Crippen LogP contribution is 2.29. The van der Waals surface area contributed by atoms with E-state index in [0.717, 1.165) is 15.4 Å². The van der Waals surface area contributed by atoms with E-state index in [9.17, 15) is 4.79 Å². The monoisotopic (exact) mass is 323 g/mol. The minimum absolute atomic E-state index is 0.105. The first-order chi connectivity index (χ1) is 8.90. The smallest absolute Gasteiger partial charge is 0.338 e. The standard InChI is InChI=1S/C15H18BrNO2/c1-9(2)17-8-13(16)12-7-11(5-6-14(12)17)15(18)19-10(3)4/h5-10H,1-4H3. The number of esters is 1. The summed E-state index contributed by atoms with van der Waals surface area (Å²) in [6.45, 7) is 7.96. The third-order valence-corrected chi connectivity index (χ3v) is 3.55. The van der Waals surface area contributed by atoms with Gasteiger partial charge in [0.2, 0.25) is 0 Å². The minimum Gasteiger partial charge on any atom is -0.459 e. The van der Waals surface area contributed by atoms with E-state index in [0.29, 0.717) is 11.6 Å². The van der Waals surface area contributed by atoms with Gasteiger partial charge in [-0.3, -0.25) is 0 Å². The van der Waals surface area contributed by atoms with Gasteiger partial charge >= 0.3 is 5.97 Å². The number of benzene rings is 1. The largest absolute Gasteiger partial charge is 0.459 e. The molecule has 19 heavy (non-hydrogen) atoms. The Morgan fingerprint density at radius 1 is 1.26 bits per heavy atom. The topological polar surface area (TPSA) is 31.2 Å². The van der Waals surface area contributed by atoms with Crippen molar-refractivity contribution >= 4 is 32.8 Å². The van der Waals surface area contributed by atoms with Gasteiger partial charge in [0.15, 0.2) is 0 Å². The van der Waals surface area contributed by atoms with Crippen molar-refractivity contribution in [2.45, 2.75) is 39.8 Å². The number of ether oxygens (including phenoxy) is 1. The van der Waals surface area contributed by atoms with Gasteiger partial charge in [-0.2, -0.15) is 0 Å². The van der Waals surface area contributed by atoms with Crippen LogP contribution in [0.1, 0.15) is 44.1 Å². The molecule has 1 aromatic carbocycles. The maximum Gasteiger partial charge on any atom is 0.338 e. The van der Waals surface area contributed by atoms with Gasteiger partial charge in [-0.15, -0.1) is 0 Å². The summed E-state index contributed by atoms with van der Waals surface area (Å²) in [5, 5.41) is 1.03. The molecule has 0 bridgehead atoms. The van der Waals surface area contributed by atoms with E-state index in [1.54, 1.807) is 0 Å². The maximum atomic E-state index is 11.9. The molecule has 0 aliphatic heterocycles. The van der Waals surface area contributed by atoms with Crippen molar-refractivity contribution in [3.63, 3.8) is 0 Å². The molecule has 0 aliphatic rings. The number of hydrogen-bond acceptors (Lipinski definition) is 2. The molecule has 0 spiro atoms. The van der Waals surface area contributed by atoms with Gasteiger partial charge < -0.3 is 9.30 Å². The fourth-order valence-corrected chi connectivity index (χ4v) is 2.59. The molecule has 0 N–H and O–H groups in total. The first kappa shape index (κ1) is 14.1. The molecule has 0 aliphatic carbocycles. The molecule has 1 heterocycles. The second-order valence-electron chi connectivity index (χ2n) is 5.16. The number of halogens is 1. The Kier molecular flexibility index (Phi) is 3.99. The summed E-state index contributed by atoms with van der Waals surface area (Å²) in [6.07, 6.45) is 1.94. The van der Waals surface area contributed by atoms with Gasteiger partial charge in [0.05, 0.1) is 11.7 Å². The quantitative estimate of drug-likeness (QED) is 0.776. The van der Waals surface area contributed by atoms with Gasteiger partial charge in [-0.05, 0) is 61.8 Å². The summed E-state index contributed by atoms with van der Waals surface area (Å²) in [5.74, 6) is -0.277. The predicted molar refractivity (Wildman–Crippen MR) is 80.6 cm³/mol. The van der Waals surface area contributed by atoms with Crippen LogP contribution >= 0.6 is 15.9 Å². The van der Waals surface area contributed by atoms with E-state index in [1.165, 1.54) is 0 Å². The number of carbonyl (C=O) groups excluding carboxylic acids is 1. The van der Waals surface area contributed by atoms with E-state index in [-0.39, 0.29) is 12.1 Å². The molecule has 0 saturated heterocycles. The van der Waals surface area contributed by atoms with E-state index < -0.39 is 0 Å². The van der Waals surface area contributed by atoms with Crippen molar-refractivity contribution in [3.8, 4) is 0 Å². The lowest BCUT2D eigenvalue weighted by molar-refractivity contribution is 0.0378. The molecule has 1 aromatic heterocycles. The van der Waals surface area contributed by atoms with Crippen LogP contribution in [0.25, 0.3) is 10.9 Å². The fraction of sp³-hybridized carbons (Fsp3) is 0.400. The lowest BCUT2D eigenvalue weighted by Gasteiger charge is -2.10. The summed E-state index contributed by atoms with van der Waals surface area (Å²) in [7, 11) is 0. The molecule has 0 amide bonds. The van der Waals surface area contributed by atoms with E-state index in [2.05, 4.69) is 34.3 Å². The van der Waals surface area contributed by atoms with Crippen LogP contribution in [0, 0.1) is 0 Å². The summed E-state index contributed by atoms with van der Waals surface area (Å²) in [5.41, 5.74) is 1.70. The fourth-order valence-electron chi connectivity index (χ4n) is 2.05. The minimum atomic E-state index is -0.277. The Morgan fingerprint density at radius 3 is 2.53 bits per heavy atom. The van der Waals surface area contributed by atoms with Crippen LogP contribution in [-0.2, 0) is 4.74 Å². The molecule has 2 aromatic rings. The molecule has 2 rings (SSSR count). The van der Waals surface area contributed by atoms with Crippen LogP contribution in [0.4, 0.5) is 0 Å².